The van der Waals surface area contributed by atoms with Crippen LogP contribution < -0.4 is 18.9 Å². The molecule has 0 N–H and O–H groups in total. The highest BCUT2D eigenvalue weighted by Gasteiger charge is 2.13. The normalized spacial score (nSPS) is 12.3. The molecule has 0 amide bonds. The summed E-state index contributed by atoms with van der Waals surface area (Å²) in [6, 6.07) is 35.5. The Kier molecular flexibility index (Phi) is 21.3. The third-order valence-electron chi connectivity index (χ3n) is 10.3. The maximum atomic E-state index is 13.0. The van der Waals surface area contributed by atoms with E-state index in [1.165, 1.54) is 44.6 Å². The lowest BCUT2D eigenvalue weighted by Gasteiger charge is -2.13. The molecule has 5 aromatic rings. The predicted octanol–water partition coefficient (Wildman–Crippen LogP) is 13.1. The van der Waals surface area contributed by atoms with E-state index in [1.807, 2.05) is 48.5 Å². The SMILES string of the molecule is CCCCC[C@H](C)OCCCOc1ccc(N=Cc2ccc(C(=O)Oc3cccc(OC(=O)c4ccc(C=Nc5ccc(OCCCO[C@@H](C)CCCCC)cc5)cc4)c3)cc2)cc1. The van der Waals surface area contributed by atoms with Crippen LogP contribution in [-0.4, -0.2) is 63.0 Å². The van der Waals surface area contributed by atoms with Crippen LogP contribution in [0.4, 0.5) is 11.4 Å². The molecule has 0 saturated heterocycles. The van der Waals surface area contributed by atoms with Crippen LogP contribution in [-0.2, 0) is 9.47 Å². The molecule has 2 atom stereocenters. The van der Waals surface area contributed by atoms with E-state index in [1.54, 1.807) is 79.2 Å². The highest BCUT2D eigenvalue weighted by molar-refractivity contribution is 5.93. The fourth-order valence-electron chi connectivity index (χ4n) is 6.50. The molecule has 0 aliphatic rings. The van der Waals surface area contributed by atoms with Crippen LogP contribution in [0.15, 0.2) is 131 Å². The van der Waals surface area contributed by atoms with Crippen molar-refractivity contribution < 1.29 is 38.0 Å². The van der Waals surface area contributed by atoms with E-state index in [2.05, 4.69) is 37.7 Å². The predicted molar refractivity (Wildman–Crippen MR) is 256 cm³/mol. The van der Waals surface area contributed by atoms with Gasteiger partial charge in [0, 0.05) is 31.3 Å². The van der Waals surface area contributed by atoms with Gasteiger partial charge in [-0.1, -0.05) is 82.7 Å². The van der Waals surface area contributed by atoms with Crippen LogP contribution >= 0.6 is 0 Å². The van der Waals surface area contributed by atoms with Crippen LogP contribution in [0.3, 0.4) is 0 Å². The van der Waals surface area contributed by atoms with Gasteiger partial charge in [0.15, 0.2) is 0 Å². The van der Waals surface area contributed by atoms with Crippen molar-refractivity contribution >= 4 is 35.7 Å². The number of nitrogens with zero attached hydrogens (tertiary/aromatic N) is 2. The molecular formula is C54H64N2O8. The first-order valence-electron chi connectivity index (χ1n) is 22.8. The zero-order valence-corrected chi connectivity index (χ0v) is 37.9. The fourth-order valence-corrected chi connectivity index (χ4v) is 6.50. The Morgan fingerprint density at radius 2 is 0.891 bits per heavy atom. The number of carbonyl (C=O) groups is 2. The second kappa shape index (κ2) is 27.9. The molecule has 0 saturated carbocycles. The molecule has 0 spiro atoms. The average molecular weight is 869 g/mol. The second-order valence-electron chi connectivity index (χ2n) is 15.8. The monoisotopic (exact) mass is 868 g/mol. The molecule has 0 aliphatic carbocycles. The van der Waals surface area contributed by atoms with Crippen molar-refractivity contribution in [3.8, 4) is 23.0 Å². The van der Waals surface area contributed by atoms with Gasteiger partial charge in [-0.2, -0.15) is 0 Å². The number of aliphatic imine (C=N–C) groups is 2. The van der Waals surface area contributed by atoms with Gasteiger partial charge in [0.2, 0.25) is 0 Å². The van der Waals surface area contributed by atoms with Crippen molar-refractivity contribution in [3.63, 3.8) is 0 Å². The molecule has 0 fully saturated rings. The minimum atomic E-state index is -0.545. The highest BCUT2D eigenvalue weighted by Crippen LogP contribution is 2.23. The first-order chi connectivity index (χ1) is 31.3. The van der Waals surface area contributed by atoms with E-state index in [9.17, 15) is 9.59 Å². The van der Waals surface area contributed by atoms with Crippen molar-refractivity contribution in [1.82, 2.24) is 0 Å². The zero-order valence-electron chi connectivity index (χ0n) is 37.9. The van der Waals surface area contributed by atoms with Crippen LogP contribution in [0.5, 0.6) is 23.0 Å². The number of hydrogen-bond donors (Lipinski definition) is 0. The van der Waals surface area contributed by atoms with E-state index in [4.69, 9.17) is 28.4 Å². The first-order valence-corrected chi connectivity index (χ1v) is 22.8. The molecule has 5 aromatic carbocycles. The molecule has 5 rings (SSSR count). The number of rotatable bonds is 28. The Morgan fingerprint density at radius 3 is 1.28 bits per heavy atom. The maximum Gasteiger partial charge on any atom is 0.343 e. The Bertz CT molecular complexity index is 2020. The number of esters is 2. The summed E-state index contributed by atoms with van der Waals surface area (Å²) in [6.45, 7) is 11.3. The van der Waals surface area contributed by atoms with Crippen molar-refractivity contribution in [3.05, 3.63) is 144 Å². The largest absolute Gasteiger partial charge is 0.494 e. The summed E-state index contributed by atoms with van der Waals surface area (Å²) >= 11 is 0. The third-order valence-corrected chi connectivity index (χ3v) is 10.3. The summed E-state index contributed by atoms with van der Waals surface area (Å²) in [5.41, 5.74) is 3.93. The quantitative estimate of drug-likeness (QED) is 0.0211. The van der Waals surface area contributed by atoms with Crippen LogP contribution in [0.2, 0.25) is 0 Å². The van der Waals surface area contributed by atoms with Crippen LogP contribution in [0, 0.1) is 0 Å². The Hall–Kier alpha value is -6.10. The molecule has 0 aromatic heterocycles. The van der Waals surface area contributed by atoms with Crippen molar-refractivity contribution in [2.75, 3.05) is 26.4 Å². The highest BCUT2D eigenvalue weighted by atomic mass is 16.5. The first kappa shape index (κ1) is 48.9. The van der Waals surface area contributed by atoms with Gasteiger partial charge in [-0.25, -0.2) is 9.59 Å². The molecule has 0 aliphatic heterocycles. The number of hydrogen-bond acceptors (Lipinski definition) is 10. The average Bonchev–Trinajstić information content (AvgIpc) is 3.31. The van der Waals surface area contributed by atoms with Gasteiger partial charge in [-0.3, -0.25) is 9.98 Å². The van der Waals surface area contributed by atoms with Gasteiger partial charge in [0.25, 0.3) is 0 Å². The molecule has 338 valence electrons. The lowest BCUT2D eigenvalue weighted by atomic mass is 10.1. The van der Waals surface area contributed by atoms with Gasteiger partial charge >= 0.3 is 11.9 Å². The van der Waals surface area contributed by atoms with E-state index in [0.29, 0.717) is 37.6 Å². The molecule has 10 nitrogen and oxygen atoms in total. The molecule has 10 heteroatoms. The van der Waals surface area contributed by atoms with Crippen LogP contribution in [0.1, 0.15) is 124 Å². The standard InChI is InChI=1S/C54H64N2O8/c1-5-7-9-14-41(3)59-34-12-36-61-49-30-26-47(27-31-49)55-39-43-18-22-45(23-19-43)53(57)63-51-16-11-17-52(38-51)64-54(58)46-24-20-44(21-25-46)40-56-48-28-32-50(33-29-48)62-37-13-35-60-42(4)15-10-8-6-2/h11,16-33,38-42H,5-10,12-15,34-37H2,1-4H3/t41-,42-/m0/s1. The van der Waals surface area contributed by atoms with Gasteiger partial charge in [-0.15, -0.1) is 0 Å². The maximum absolute atomic E-state index is 13.0. The summed E-state index contributed by atoms with van der Waals surface area (Å²) in [5, 5.41) is 0. The summed E-state index contributed by atoms with van der Waals surface area (Å²) in [4.78, 5) is 35.0. The van der Waals surface area contributed by atoms with E-state index >= 15 is 0 Å². The van der Waals surface area contributed by atoms with Gasteiger partial charge < -0.3 is 28.4 Å². The number of benzene rings is 5. The zero-order chi connectivity index (χ0) is 45.2. The summed E-state index contributed by atoms with van der Waals surface area (Å²) in [6.07, 6.45) is 15.3. The van der Waals surface area contributed by atoms with E-state index in [-0.39, 0.29) is 23.7 Å². The number of unbranched alkanes of at least 4 members (excludes halogenated alkanes) is 4. The van der Waals surface area contributed by atoms with Gasteiger partial charge in [0.05, 0.1) is 61.1 Å². The number of carbonyl (C=O) groups excluding carboxylic acids is 2. The van der Waals surface area contributed by atoms with Crippen molar-refractivity contribution in [1.29, 1.82) is 0 Å². The molecule has 0 heterocycles. The molecular weight excluding hydrogens is 805 g/mol. The molecule has 0 radical (unpaired) electrons. The second-order valence-corrected chi connectivity index (χ2v) is 15.8. The lowest BCUT2D eigenvalue weighted by Crippen LogP contribution is -2.11. The van der Waals surface area contributed by atoms with Gasteiger partial charge in [-0.05, 0) is 123 Å². The van der Waals surface area contributed by atoms with Crippen LogP contribution in [0.25, 0.3) is 0 Å². The minimum Gasteiger partial charge on any atom is -0.494 e. The summed E-state index contributed by atoms with van der Waals surface area (Å²) in [5.74, 6) is 0.970. The molecule has 0 unspecified atom stereocenters. The topological polar surface area (TPSA) is 114 Å². The smallest absolute Gasteiger partial charge is 0.343 e. The Labute approximate surface area is 379 Å². The van der Waals surface area contributed by atoms with E-state index in [0.717, 1.165) is 59.7 Å². The lowest BCUT2D eigenvalue weighted by molar-refractivity contribution is 0.0505. The van der Waals surface area contributed by atoms with Crippen molar-refractivity contribution in [2.24, 2.45) is 9.98 Å². The Morgan fingerprint density at radius 1 is 0.484 bits per heavy atom. The van der Waals surface area contributed by atoms with Gasteiger partial charge in [0.1, 0.15) is 23.0 Å². The summed E-state index contributed by atoms with van der Waals surface area (Å²) in [7, 11) is 0. The summed E-state index contributed by atoms with van der Waals surface area (Å²) < 4.78 is 34.7. The Balaban J connectivity index is 1.00. The third kappa shape index (κ3) is 18.3. The van der Waals surface area contributed by atoms with Crippen molar-refractivity contribution in [2.45, 2.75) is 104 Å². The molecule has 64 heavy (non-hydrogen) atoms. The fraction of sp³-hybridized carbons (Fsp3) is 0.370. The molecule has 0 bridgehead atoms. The van der Waals surface area contributed by atoms with E-state index < -0.39 is 11.9 Å². The number of ether oxygens (including phenoxy) is 6. The minimum absolute atomic E-state index is 0.244.